The predicted octanol–water partition coefficient (Wildman–Crippen LogP) is 2.73. The van der Waals surface area contributed by atoms with Crippen LogP contribution in [0.1, 0.15) is 29.8 Å². The van der Waals surface area contributed by atoms with Crippen LogP contribution in [0.2, 0.25) is 0 Å². The maximum Gasteiger partial charge on any atom is 0.337 e. The van der Waals surface area contributed by atoms with Crippen molar-refractivity contribution in [1.29, 1.82) is 0 Å². The number of sulfonamides is 1. The molecule has 0 saturated heterocycles. The normalized spacial score (nSPS) is 11.5. The summed E-state index contributed by atoms with van der Waals surface area (Å²) < 4.78 is 27.3. The van der Waals surface area contributed by atoms with Gasteiger partial charge >= 0.3 is 5.97 Å². The number of aromatic carboxylic acids is 1. The summed E-state index contributed by atoms with van der Waals surface area (Å²) in [4.78, 5) is 11.4. The molecule has 0 unspecified atom stereocenters. The molecule has 0 bridgehead atoms. The van der Waals surface area contributed by atoms with E-state index in [1.165, 1.54) is 18.2 Å². The summed E-state index contributed by atoms with van der Waals surface area (Å²) in [6.45, 7) is 3.99. The molecule has 0 heterocycles. The zero-order valence-electron chi connectivity index (χ0n) is 14.2. The Morgan fingerprint density at radius 3 is 2.40 bits per heavy atom. The molecule has 6 nitrogen and oxygen atoms in total. The third kappa shape index (κ3) is 5.30. The van der Waals surface area contributed by atoms with E-state index >= 15 is 0 Å². The van der Waals surface area contributed by atoms with Crippen molar-refractivity contribution in [1.82, 2.24) is 4.72 Å². The van der Waals surface area contributed by atoms with Crippen LogP contribution < -0.4 is 10.0 Å². The third-order valence-corrected chi connectivity index (χ3v) is 4.98. The van der Waals surface area contributed by atoms with Gasteiger partial charge < -0.3 is 10.4 Å². The Balaban J connectivity index is 2.15. The molecule has 0 atom stereocenters. The first-order valence-corrected chi connectivity index (χ1v) is 9.45. The Morgan fingerprint density at radius 1 is 1.12 bits per heavy atom. The molecule has 0 fully saturated rings. The fraction of sp³-hybridized carbons (Fsp3) is 0.278. The lowest BCUT2D eigenvalue weighted by molar-refractivity contribution is 0.0697. The number of carboxylic acids is 1. The molecule has 134 valence electrons. The second kappa shape index (κ2) is 8.13. The van der Waals surface area contributed by atoms with E-state index in [2.05, 4.69) is 10.0 Å². The van der Waals surface area contributed by atoms with E-state index < -0.39 is 16.0 Å². The lowest BCUT2D eigenvalue weighted by Gasteiger charge is -2.14. The van der Waals surface area contributed by atoms with Crippen LogP contribution in [0.5, 0.6) is 0 Å². The molecule has 2 aromatic carbocycles. The molecule has 0 aliphatic heterocycles. The lowest BCUT2D eigenvalue weighted by Crippen LogP contribution is -2.26. The molecule has 0 radical (unpaired) electrons. The van der Waals surface area contributed by atoms with E-state index in [1.807, 2.05) is 44.2 Å². The van der Waals surface area contributed by atoms with Crippen molar-refractivity contribution in [2.75, 3.05) is 11.9 Å². The number of hydrogen-bond donors (Lipinski definition) is 3. The number of anilines is 1. The smallest absolute Gasteiger partial charge is 0.337 e. The summed E-state index contributed by atoms with van der Waals surface area (Å²) in [5, 5.41) is 12.3. The predicted molar refractivity (Wildman–Crippen MR) is 97.5 cm³/mol. The average Bonchev–Trinajstić information content (AvgIpc) is 2.55. The summed E-state index contributed by atoms with van der Waals surface area (Å²) in [5.74, 6) is -1.18. The standard InChI is InChI=1S/C18H22N2O4S/c1-13(2)20-17-9-8-15(12-16(17)18(21)22)25(23,24)19-11-10-14-6-4-3-5-7-14/h3-9,12-13,19-20H,10-11H2,1-2H3,(H,21,22). The minimum Gasteiger partial charge on any atom is -0.478 e. The quantitative estimate of drug-likeness (QED) is 0.671. The molecule has 0 spiro atoms. The number of hydrogen-bond acceptors (Lipinski definition) is 4. The SMILES string of the molecule is CC(C)Nc1ccc(S(=O)(=O)NCCc2ccccc2)cc1C(=O)O. The number of carboxylic acid groups (broad SMARTS) is 1. The van der Waals surface area contributed by atoms with Gasteiger partial charge in [-0.25, -0.2) is 17.9 Å². The maximum absolute atomic E-state index is 12.4. The molecule has 2 rings (SSSR count). The Labute approximate surface area is 147 Å². The Kier molecular flexibility index (Phi) is 6.17. The van der Waals surface area contributed by atoms with Crippen LogP contribution in [0, 0.1) is 0 Å². The molecule has 3 N–H and O–H groups in total. The van der Waals surface area contributed by atoms with Crippen LogP contribution in [0.4, 0.5) is 5.69 Å². The molecule has 0 saturated carbocycles. The van der Waals surface area contributed by atoms with Gasteiger partial charge in [0.25, 0.3) is 0 Å². The fourth-order valence-corrected chi connectivity index (χ4v) is 3.42. The van der Waals surface area contributed by atoms with E-state index in [-0.39, 0.29) is 23.0 Å². The summed E-state index contributed by atoms with van der Waals surface area (Å²) >= 11 is 0. The largest absolute Gasteiger partial charge is 0.478 e. The first-order valence-electron chi connectivity index (χ1n) is 7.97. The second-order valence-corrected chi connectivity index (χ2v) is 7.71. The van der Waals surface area contributed by atoms with Gasteiger partial charge in [-0.2, -0.15) is 0 Å². The van der Waals surface area contributed by atoms with Gasteiger partial charge in [-0.1, -0.05) is 30.3 Å². The van der Waals surface area contributed by atoms with Crippen molar-refractivity contribution >= 4 is 21.7 Å². The van der Waals surface area contributed by atoms with Gasteiger partial charge in [0.2, 0.25) is 10.0 Å². The summed E-state index contributed by atoms with van der Waals surface area (Å²) in [7, 11) is -3.77. The van der Waals surface area contributed by atoms with Gasteiger partial charge in [0.05, 0.1) is 10.5 Å². The van der Waals surface area contributed by atoms with Gasteiger partial charge in [0, 0.05) is 18.3 Å². The van der Waals surface area contributed by atoms with Crippen LogP contribution in [0.3, 0.4) is 0 Å². The minimum absolute atomic E-state index is 0.0320. The van der Waals surface area contributed by atoms with E-state index in [4.69, 9.17) is 0 Å². The summed E-state index contributed by atoms with van der Waals surface area (Å²) in [5.41, 5.74) is 1.35. The molecule has 7 heteroatoms. The third-order valence-electron chi connectivity index (χ3n) is 3.52. The van der Waals surface area contributed by atoms with Gasteiger partial charge in [0.15, 0.2) is 0 Å². The van der Waals surface area contributed by atoms with Crippen LogP contribution in [-0.4, -0.2) is 32.1 Å². The van der Waals surface area contributed by atoms with E-state index in [1.54, 1.807) is 0 Å². The van der Waals surface area contributed by atoms with Crippen molar-refractivity contribution in [2.45, 2.75) is 31.2 Å². The molecule has 25 heavy (non-hydrogen) atoms. The van der Waals surface area contributed by atoms with Crippen molar-refractivity contribution < 1.29 is 18.3 Å². The lowest BCUT2D eigenvalue weighted by atomic mass is 10.1. The zero-order chi connectivity index (χ0) is 18.4. The highest BCUT2D eigenvalue weighted by Crippen LogP contribution is 2.21. The zero-order valence-corrected chi connectivity index (χ0v) is 15.0. The summed E-state index contributed by atoms with van der Waals surface area (Å²) in [6, 6.07) is 13.6. The highest BCUT2D eigenvalue weighted by Gasteiger charge is 2.19. The Hall–Kier alpha value is -2.38. The minimum atomic E-state index is -3.77. The number of nitrogens with one attached hydrogen (secondary N) is 2. The topological polar surface area (TPSA) is 95.5 Å². The molecule has 0 aliphatic rings. The Morgan fingerprint density at radius 2 is 1.80 bits per heavy atom. The van der Waals surface area contributed by atoms with Crippen molar-refractivity contribution in [3.05, 3.63) is 59.7 Å². The maximum atomic E-state index is 12.4. The monoisotopic (exact) mass is 362 g/mol. The van der Waals surface area contributed by atoms with Crippen LogP contribution in [0.25, 0.3) is 0 Å². The first-order chi connectivity index (χ1) is 11.8. The first kappa shape index (κ1) is 19.0. The van der Waals surface area contributed by atoms with Crippen LogP contribution in [-0.2, 0) is 16.4 Å². The summed E-state index contributed by atoms with van der Waals surface area (Å²) in [6.07, 6.45) is 0.554. The number of carbonyl (C=O) groups is 1. The van der Waals surface area contributed by atoms with E-state index in [9.17, 15) is 18.3 Å². The molecule has 0 aliphatic carbocycles. The van der Waals surface area contributed by atoms with E-state index in [0.717, 1.165) is 5.56 Å². The molecule has 0 aromatic heterocycles. The van der Waals surface area contributed by atoms with Gasteiger partial charge in [-0.15, -0.1) is 0 Å². The van der Waals surface area contributed by atoms with Crippen molar-refractivity contribution in [2.24, 2.45) is 0 Å². The van der Waals surface area contributed by atoms with Gasteiger partial charge in [-0.05, 0) is 44.0 Å². The van der Waals surface area contributed by atoms with Crippen molar-refractivity contribution in [3.8, 4) is 0 Å². The van der Waals surface area contributed by atoms with Crippen molar-refractivity contribution in [3.63, 3.8) is 0 Å². The van der Waals surface area contributed by atoms with Gasteiger partial charge in [-0.3, -0.25) is 0 Å². The molecule has 2 aromatic rings. The average molecular weight is 362 g/mol. The highest BCUT2D eigenvalue weighted by atomic mass is 32.2. The fourth-order valence-electron chi connectivity index (χ4n) is 2.36. The van der Waals surface area contributed by atoms with Gasteiger partial charge in [0.1, 0.15) is 0 Å². The molecular weight excluding hydrogens is 340 g/mol. The number of rotatable bonds is 8. The molecular formula is C18H22N2O4S. The number of benzene rings is 2. The highest BCUT2D eigenvalue weighted by molar-refractivity contribution is 7.89. The second-order valence-electron chi connectivity index (χ2n) is 5.94. The molecule has 0 amide bonds. The van der Waals surface area contributed by atoms with E-state index in [0.29, 0.717) is 12.1 Å². The Bertz CT molecular complexity index is 833. The van der Waals surface area contributed by atoms with Crippen LogP contribution >= 0.6 is 0 Å². The van der Waals surface area contributed by atoms with Crippen LogP contribution in [0.15, 0.2) is 53.4 Å².